The fourth-order valence-electron chi connectivity index (χ4n) is 3.09. The van der Waals surface area contributed by atoms with Gasteiger partial charge in [-0.2, -0.15) is 0 Å². The summed E-state index contributed by atoms with van der Waals surface area (Å²) in [5, 5.41) is 13.2. The van der Waals surface area contributed by atoms with Gasteiger partial charge in [0.1, 0.15) is 22.7 Å². The second kappa shape index (κ2) is 5.85. The zero-order valence-corrected chi connectivity index (χ0v) is 13.1. The molecule has 4 rings (SSSR count). The smallest absolute Gasteiger partial charge is 0.257 e. The highest BCUT2D eigenvalue weighted by Crippen LogP contribution is 2.30. The minimum atomic E-state index is -0.291. The molecule has 5 nitrogen and oxygen atoms in total. The Morgan fingerprint density at radius 2 is 1.92 bits per heavy atom. The number of rotatable bonds is 3. The predicted molar refractivity (Wildman–Crippen MR) is 91.4 cm³/mol. The van der Waals surface area contributed by atoms with Crippen molar-refractivity contribution in [1.29, 1.82) is 0 Å². The molecular weight excluding hydrogens is 302 g/mol. The maximum Gasteiger partial charge on any atom is 0.257 e. The molecule has 1 aliphatic rings. The lowest BCUT2D eigenvalue weighted by Gasteiger charge is -2.16. The Balaban J connectivity index is 1.66. The van der Waals surface area contributed by atoms with Crippen molar-refractivity contribution in [3.8, 4) is 0 Å². The molecule has 2 aromatic heterocycles. The molecule has 3 aromatic rings. The molecule has 0 saturated carbocycles. The maximum absolute atomic E-state index is 12.6. The van der Waals surface area contributed by atoms with Crippen molar-refractivity contribution in [2.24, 2.45) is 0 Å². The van der Waals surface area contributed by atoms with Gasteiger partial charge in [-0.15, -0.1) is 0 Å². The first-order chi connectivity index (χ1) is 11.7. The number of hydrogen-bond donors (Lipinski definition) is 2. The molecule has 0 spiro atoms. The van der Waals surface area contributed by atoms with Gasteiger partial charge in [-0.05, 0) is 24.1 Å². The van der Waals surface area contributed by atoms with Crippen LogP contribution < -0.4 is 5.32 Å². The van der Waals surface area contributed by atoms with E-state index in [-0.39, 0.29) is 17.2 Å². The second-order valence-corrected chi connectivity index (χ2v) is 5.83. The molecule has 0 radical (unpaired) electrons. The molecule has 120 valence electrons. The fraction of sp³-hybridized carbons (Fsp3) is 0.158. The number of aliphatic hydroxyl groups is 1. The topological polar surface area (TPSA) is 66.6 Å². The molecule has 0 aliphatic heterocycles. The Bertz CT molecular complexity index is 942. The van der Waals surface area contributed by atoms with Crippen LogP contribution in [0.4, 0.5) is 0 Å². The summed E-state index contributed by atoms with van der Waals surface area (Å²) in [6.07, 6.45) is 3.05. The van der Waals surface area contributed by atoms with Crippen LogP contribution in [0.25, 0.3) is 11.2 Å². The van der Waals surface area contributed by atoms with E-state index in [0.717, 1.165) is 16.9 Å². The number of carbonyl (C=O) groups excluding carboxylic acids is 1. The SMILES string of the molecule is O=C(NCc1ccccc1)C1=C(O)CCc2c1nc1ccccn21. The van der Waals surface area contributed by atoms with E-state index < -0.39 is 0 Å². The Morgan fingerprint density at radius 1 is 1.12 bits per heavy atom. The van der Waals surface area contributed by atoms with Gasteiger partial charge in [-0.3, -0.25) is 4.79 Å². The lowest BCUT2D eigenvalue weighted by Crippen LogP contribution is -2.26. The van der Waals surface area contributed by atoms with Crippen molar-refractivity contribution in [3.05, 3.63) is 77.4 Å². The van der Waals surface area contributed by atoms with Gasteiger partial charge in [0.15, 0.2) is 0 Å². The third-order valence-electron chi connectivity index (χ3n) is 4.28. The highest BCUT2D eigenvalue weighted by molar-refractivity contribution is 6.20. The van der Waals surface area contributed by atoms with Crippen LogP contribution in [0.5, 0.6) is 0 Å². The van der Waals surface area contributed by atoms with Crippen molar-refractivity contribution in [3.63, 3.8) is 0 Å². The number of allylic oxidation sites excluding steroid dienone is 1. The first-order valence-corrected chi connectivity index (χ1v) is 7.94. The Labute approximate surface area is 139 Å². The lowest BCUT2D eigenvalue weighted by atomic mass is 9.97. The van der Waals surface area contributed by atoms with Gasteiger partial charge in [0, 0.05) is 19.2 Å². The number of aromatic nitrogens is 2. The van der Waals surface area contributed by atoms with Gasteiger partial charge < -0.3 is 14.8 Å². The summed E-state index contributed by atoms with van der Waals surface area (Å²) >= 11 is 0. The number of imidazole rings is 1. The van der Waals surface area contributed by atoms with E-state index >= 15 is 0 Å². The van der Waals surface area contributed by atoms with E-state index in [1.165, 1.54) is 0 Å². The van der Waals surface area contributed by atoms with E-state index in [1.54, 1.807) is 0 Å². The number of aryl methyl sites for hydroxylation is 1. The lowest BCUT2D eigenvalue weighted by molar-refractivity contribution is -0.115. The molecule has 0 saturated heterocycles. The summed E-state index contributed by atoms with van der Waals surface area (Å²) in [6.45, 7) is 0.416. The maximum atomic E-state index is 12.6. The summed E-state index contributed by atoms with van der Waals surface area (Å²) in [5.74, 6) is -0.183. The molecule has 0 unspecified atom stereocenters. The molecule has 2 N–H and O–H groups in total. The summed E-state index contributed by atoms with van der Waals surface area (Å²) in [5.41, 5.74) is 3.63. The van der Waals surface area contributed by atoms with Crippen LogP contribution in [0.15, 0.2) is 60.5 Å². The zero-order chi connectivity index (χ0) is 16.5. The number of aliphatic hydroxyl groups excluding tert-OH is 1. The van der Waals surface area contributed by atoms with Gasteiger partial charge in [0.2, 0.25) is 0 Å². The Hall–Kier alpha value is -3.08. The normalized spacial score (nSPS) is 13.8. The van der Waals surface area contributed by atoms with Crippen molar-refractivity contribution in [2.75, 3.05) is 0 Å². The summed E-state index contributed by atoms with van der Waals surface area (Å²) < 4.78 is 1.98. The number of nitrogens with zero attached hydrogens (tertiary/aromatic N) is 2. The van der Waals surface area contributed by atoms with Crippen LogP contribution in [0.2, 0.25) is 0 Å². The van der Waals surface area contributed by atoms with Gasteiger partial charge in [0.25, 0.3) is 5.91 Å². The molecule has 2 heterocycles. The molecular formula is C19H17N3O2. The molecule has 1 amide bonds. The number of benzene rings is 1. The van der Waals surface area contributed by atoms with Crippen LogP contribution in [-0.4, -0.2) is 20.4 Å². The van der Waals surface area contributed by atoms with E-state index in [4.69, 9.17) is 0 Å². The largest absolute Gasteiger partial charge is 0.511 e. The van der Waals surface area contributed by atoms with Crippen molar-refractivity contribution in [1.82, 2.24) is 14.7 Å². The van der Waals surface area contributed by atoms with E-state index in [1.807, 2.05) is 59.1 Å². The molecule has 24 heavy (non-hydrogen) atoms. The van der Waals surface area contributed by atoms with Gasteiger partial charge in [-0.1, -0.05) is 36.4 Å². The van der Waals surface area contributed by atoms with Gasteiger partial charge in [0.05, 0.1) is 5.69 Å². The van der Waals surface area contributed by atoms with Crippen LogP contribution in [0, 0.1) is 0 Å². The Morgan fingerprint density at radius 3 is 2.75 bits per heavy atom. The number of amides is 1. The second-order valence-electron chi connectivity index (χ2n) is 5.83. The monoisotopic (exact) mass is 319 g/mol. The third kappa shape index (κ3) is 2.44. The molecule has 0 atom stereocenters. The number of hydrogen-bond acceptors (Lipinski definition) is 3. The van der Waals surface area contributed by atoms with Crippen molar-refractivity contribution >= 4 is 17.1 Å². The summed E-state index contributed by atoms with van der Waals surface area (Å²) in [6, 6.07) is 15.4. The van der Waals surface area contributed by atoms with Crippen molar-refractivity contribution in [2.45, 2.75) is 19.4 Å². The number of pyridine rings is 1. The number of carbonyl (C=O) groups is 1. The Kier molecular flexibility index (Phi) is 3.54. The van der Waals surface area contributed by atoms with E-state index in [2.05, 4.69) is 10.3 Å². The molecule has 1 aromatic carbocycles. The zero-order valence-electron chi connectivity index (χ0n) is 13.1. The highest BCUT2D eigenvalue weighted by atomic mass is 16.3. The number of fused-ring (bicyclic) bond motifs is 3. The minimum Gasteiger partial charge on any atom is -0.511 e. The van der Waals surface area contributed by atoms with Crippen LogP contribution in [-0.2, 0) is 17.8 Å². The van der Waals surface area contributed by atoms with Crippen LogP contribution in [0.3, 0.4) is 0 Å². The third-order valence-corrected chi connectivity index (χ3v) is 4.28. The standard InChI is InChI=1S/C19H17N3O2/c23-15-10-9-14-18(21-16-8-4-5-11-22(14)16)17(15)19(24)20-12-13-6-2-1-3-7-13/h1-8,11,23H,9-10,12H2,(H,20,24). The van der Waals surface area contributed by atoms with Crippen LogP contribution >= 0.6 is 0 Å². The predicted octanol–water partition coefficient (Wildman–Crippen LogP) is 2.87. The van der Waals surface area contributed by atoms with E-state index in [0.29, 0.717) is 25.1 Å². The van der Waals surface area contributed by atoms with Gasteiger partial charge >= 0.3 is 0 Å². The highest BCUT2D eigenvalue weighted by Gasteiger charge is 2.28. The minimum absolute atomic E-state index is 0.108. The van der Waals surface area contributed by atoms with E-state index in [9.17, 15) is 9.90 Å². The first-order valence-electron chi connectivity index (χ1n) is 7.94. The molecule has 0 bridgehead atoms. The van der Waals surface area contributed by atoms with Crippen molar-refractivity contribution < 1.29 is 9.90 Å². The quantitative estimate of drug-likeness (QED) is 0.780. The fourth-order valence-corrected chi connectivity index (χ4v) is 3.09. The average Bonchev–Trinajstić information content (AvgIpc) is 2.99. The van der Waals surface area contributed by atoms with Crippen LogP contribution in [0.1, 0.15) is 23.4 Å². The van der Waals surface area contributed by atoms with Gasteiger partial charge in [-0.25, -0.2) is 4.98 Å². The molecule has 1 aliphatic carbocycles. The number of nitrogens with one attached hydrogen (secondary N) is 1. The summed E-state index contributed by atoms with van der Waals surface area (Å²) in [4.78, 5) is 17.2. The average molecular weight is 319 g/mol. The summed E-state index contributed by atoms with van der Waals surface area (Å²) in [7, 11) is 0. The molecule has 5 heteroatoms. The first kappa shape index (κ1) is 14.5. The molecule has 0 fully saturated rings.